The Hall–Kier alpha value is -3.45. The third-order valence-corrected chi connectivity index (χ3v) is 6.77. The number of hydrogen-bond acceptors (Lipinski definition) is 8. The van der Waals surface area contributed by atoms with E-state index in [0.29, 0.717) is 5.56 Å². The molecule has 11 nitrogen and oxygen atoms in total. The number of hydrogen-bond donors (Lipinski definition) is 5. The molecular formula is C20H23FN6O5S. The minimum absolute atomic E-state index is 0.375. The molecule has 4 rings (SSSR count). The summed E-state index contributed by atoms with van der Waals surface area (Å²) in [7, 11) is 0. The summed E-state index contributed by atoms with van der Waals surface area (Å²) in [6.45, 7) is 3.58. The number of β-lactam (4-membered cyclic amide) rings is 1. The molecule has 0 aliphatic carbocycles. The van der Waals surface area contributed by atoms with E-state index in [1.807, 2.05) is 11.1 Å². The van der Waals surface area contributed by atoms with Crippen LogP contribution in [0.25, 0.3) is 0 Å². The van der Waals surface area contributed by atoms with Crippen molar-refractivity contribution in [2.24, 2.45) is 5.73 Å². The van der Waals surface area contributed by atoms with E-state index in [1.165, 1.54) is 16.7 Å². The molecule has 1 aromatic carbocycles. The lowest BCUT2D eigenvalue weighted by molar-refractivity contribution is -0.161. The number of nitrogens with zero attached hydrogens (tertiary/aromatic N) is 2. The Balaban J connectivity index is 0.000000286. The first kappa shape index (κ1) is 24.2. The SMILES string of the molecule is CC1(C)S[C@@H]2[C@H](NC(=O)[C@H](N)c3ccccc3)C(=O)N2[C@H]1C(=O)O.Nc1nc(=O)[nH]cc1F. The predicted octanol–water partition coefficient (Wildman–Crippen LogP) is -0.191. The standard InChI is InChI=1S/C16H19N3O4S.C4H4FN3O/c1-16(2)11(15(22)23)19-13(21)10(14(19)24-16)18-12(20)9(17)8-6-4-3-5-7-8;5-2-1-7-4(9)8-3(2)6/h3-7,9-11,14H,17H2,1-2H3,(H,18,20)(H,22,23);1H,(H3,6,7,8,9)/t9-,10-,11+,14-;/m1./s1. The molecule has 13 heteroatoms. The maximum Gasteiger partial charge on any atom is 0.347 e. The minimum atomic E-state index is -1.03. The van der Waals surface area contributed by atoms with Crippen LogP contribution in [0.2, 0.25) is 0 Å². The number of nitrogen functional groups attached to an aromatic ring is 1. The number of benzene rings is 1. The van der Waals surface area contributed by atoms with Gasteiger partial charge in [-0.15, -0.1) is 11.8 Å². The van der Waals surface area contributed by atoms with Gasteiger partial charge in [0, 0.05) is 10.9 Å². The number of carboxylic acid groups (broad SMARTS) is 1. The Morgan fingerprint density at radius 2 is 1.94 bits per heavy atom. The number of rotatable bonds is 4. The molecule has 2 fully saturated rings. The van der Waals surface area contributed by atoms with Crippen molar-refractivity contribution in [2.45, 2.75) is 42.1 Å². The van der Waals surface area contributed by atoms with Gasteiger partial charge in [-0.2, -0.15) is 4.98 Å². The Bertz CT molecular complexity index is 1130. The van der Waals surface area contributed by atoms with Crippen molar-refractivity contribution in [1.82, 2.24) is 20.2 Å². The van der Waals surface area contributed by atoms with Gasteiger partial charge in [0.15, 0.2) is 11.6 Å². The normalized spacial score (nSPS) is 23.5. The minimum Gasteiger partial charge on any atom is -0.480 e. The van der Waals surface area contributed by atoms with Crippen molar-refractivity contribution in [1.29, 1.82) is 0 Å². The average molecular weight is 479 g/mol. The number of nitrogens with two attached hydrogens (primary N) is 2. The van der Waals surface area contributed by atoms with Crippen LogP contribution in [0.15, 0.2) is 41.3 Å². The van der Waals surface area contributed by atoms with E-state index in [4.69, 9.17) is 11.5 Å². The Labute approximate surface area is 191 Å². The van der Waals surface area contributed by atoms with E-state index in [-0.39, 0.29) is 17.1 Å². The van der Waals surface area contributed by atoms with Crippen LogP contribution in [-0.2, 0) is 14.4 Å². The summed E-state index contributed by atoms with van der Waals surface area (Å²) in [5.74, 6) is -2.95. The van der Waals surface area contributed by atoms with Gasteiger partial charge in [0.25, 0.3) is 0 Å². The third kappa shape index (κ3) is 4.83. The average Bonchev–Trinajstić information content (AvgIpc) is 3.03. The third-order valence-electron chi connectivity index (χ3n) is 5.20. The van der Waals surface area contributed by atoms with E-state index < -0.39 is 46.3 Å². The molecule has 0 radical (unpaired) electrons. The zero-order valence-electron chi connectivity index (χ0n) is 17.7. The van der Waals surface area contributed by atoms with Crippen LogP contribution in [-0.4, -0.2) is 60.0 Å². The maximum atomic E-state index is 12.3. The lowest BCUT2D eigenvalue weighted by atomic mass is 9.95. The fourth-order valence-corrected chi connectivity index (χ4v) is 5.22. The van der Waals surface area contributed by atoms with E-state index in [1.54, 1.807) is 38.1 Å². The number of amides is 2. The van der Waals surface area contributed by atoms with Crippen molar-refractivity contribution in [3.8, 4) is 0 Å². The van der Waals surface area contributed by atoms with Crippen LogP contribution in [0.5, 0.6) is 0 Å². The van der Waals surface area contributed by atoms with Gasteiger partial charge in [0.1, 0.15) is 23.5 Å². The second-order valence-electron chi connectivity index (χ2n) is 7.91. The smallest absolute Gasteiger partial charge is 0.347 e. The highest BCUT2D eigenvalue weighted by Crippen LogP contribution is 2.50. The molecular weight excluding hydrogens is 455 g/mol. The highest BCUT2D eigenvalue weighted by Gasteiger charge is 2.64. The molecule has 2 amide bonds. The summed E-state index contributed by atoms with van der Waals surface area (Å²) >= 11 is 1.38. The number of carboxylic acids is 1. The molecule has 1 aromatic heterocycles. The number of aromatic amines is 1. The number of halogens is 1. The van der Waals surface area contributed by atoms with Gasteiger partial charge >= 0.3 is 11.7 Å². The predicted molar refractivity (Wildman–Crippen MR) is 118 cm³/mol. The number of aromatic nitrogens is 2. The molecule has 2 aliphatic heterocycles. The molecule has 2 aliphatic rings. The largest absolute Gasteiger partial charge is 0.480 e. The van der Waals surface area contributed by atoms with Crippen molar-refractivity contribution >= 4 is 35.4 Å². The van der Waals surface area contributed by atoms with Crippen LogP contribution < -0.4 is 22.5 Å². The molecule has 3 heterocycles. The Morgan fingerprint density at radius 3 is 2.48 bits per heavy atom. The molecule has 0 saturated carbocycles. The summed E-state index contributed by atoms with van der Waals surface area (Å²) in [4.78, 5) is 52.8. The summed E-state index contributed by atoms with van der Waals surface area (Å²) < 4.78 is 11.5. The van der Waals surface area contributed by atoms with Gasteiger partial charge in [-0.05, 0) is 19.4 Å². The van der Waals surface area contributed by atoms with Crippen LogP contribution in [0.4, 0.5) is 10.2 Å². The number of fused-ring (bicyclic) bond motifs is 1. The number of nitrogens with one attached hydrogen (secondary N) is 2. The summed E-state index contributed by atoms with van der Waals surface area (Å²) in [6, 6.07) is 6.38. The highest BCUT2D eigenvalue weighted by molar-refractivity contribution is 8.01. The number of carbonyl (C=O) groups excluding carboxylic acids is 2. The van der Waals surface area contributed by atoms with Gasteiger partial charge in [-0.25, -0.2) is 14.0 Å². The Kier molecular flexibility index (Phi) is 6.74. The fraction of sp³-hybridized carbons (Fsp3) is 0.350. The number of carbonyl (C=O) groups is 3. The molecule has 4 atom stereocenters. The monoisotopic (exact) mass is 478 g/mol. The van der Waals surface area contributed by atoms with Crippen LogP contribution in [0.1, 0.15) is 25.5 Å². The summed E-state index contributed by atoms with van der Waals surface area (Å²) in [5, 5.41) is 11.7. The molecule has 0 spiro atoms. The van der Waals surface area contributed by atoms with Gasteiger partial charge in [0.05, 0.1) is 0 Å². The van der Waals surface area contributed by atoms with Crippen molar-refractivity contribution in [3.63, 3.8) is 0 Å². The first-order chi connectivity index (χ1) is 15.4. The fourth-order valence-electron chi connectivity index (χ4n) is 3.59. The second kappa shape index (κ2) is 9.19. The molecule has 0 unspecified atom stereocenters. The molecule has 33 heavy (non-hydrogen) atoms. The van der Waals surface area contributed by atoms with E-state index in [2.05, 4.69) is 10.3 Å². The zero-order chi connectivity index (χ0) is 24.5. The van der Waals surface area contributed by atoms with Gasteiger partial charge in [0.2, 0.25) is 11.8 Å². The molecule has 176 valence electrons. The quantitative estimate of drug-likeness (QED) is 0.372. The number of aliphatic carboxylic acids is 1. The van der Waals surface area contributed by atoms with Crippen molar-refractivity contribution < 1.29 is 23.9 Å². The molecule has 2 aromatic rings. The van der Waals surface area contributed by atoms with Gasteiger partial charge < -0.3 is 31.8 Å². The number of H-pyrrole nitrogens is 1. The van der Waals surface area contributed by atoms with E-state index in [9.17, 15) is 28.7 Å². The van der Waals surface area contributed by atoms with Crippen LogP contribution in [0.3, 0.4) is 0 Å². The van der Waals surface area contributed by atoms with Crippen molar-refractivity contribution in [2.75, 3.05) is 5.73 Å². The number of thioether (sulfide) groups is 1. The first-order valence-corrected chi connectivity index (χ1v) is 10.7. The first-order valence-electron chi connectivity index (χ1n) is 9.78. The maximum absolute atomic E-state index is 12.3. The molecule has 7 N–H and O–H groups in total. The number of anilines is 1. The van der Waals surface area contributed by atoms with E-state index in [0.717, 1.165) is 6.20 Å². The highest BCUT2D eigenvalue weighted by atomic mass is 32.2. The zero-order valence-corrected chi connectivity index (χ0v) is 18.5. The summed E-state index contributed by atoms with van der Waals surface area (Å²) in [6.07, 6.45) is 0.866. The topological polar surface area (TPSA) is 184 Å². The van der Waals surface area contributed by atoms with Gasteiger partial charge in [-0.1, -0.05) is 30.3 Å². The van der Waals surface area contributed by atoms with Crippen molar-refractivity contribution in [3.05, 3.63) is 58.4 Å². The van der Waals surface area contributed by atoms with Crippen LogP contribution >= 0.6 is 11.8 Å². The lowest BCUT2D eigenvalue weighted by Crippen LogP contribution is -2.71. The molecule has 2 saturated heterocycles. The van der Waals surface area contributed by atoms with Gasteiger partial charge in [-0.3, -0.25) is 9.59 Å². The lowest BCUT2D eigenvalue weighted by Gasteiger charge is -2.43. The van der Waals surface area contributed by atoms with E-state index >= 15 is 0 Å². The second-order valence-corrected chi connectivity index (χ2v) is 9.68. The Morgan fingerprint density at radius 1 is 1.30 bits per heavy atom. The molecule has 0 bridgehead atoms. The summed E-state index contributed by atoms with van der Waals surface area (Å²) in [5.41, 5.74) is 10.9. The van der Waals surface area contributed by atoms with Crippen LogP contribution in [0, 0.1) is 5.82 Å².